The topological polar surface area (TPSA) is 68.8 Å². The third-order valence-electron chi connectivity index (χ3n) is 6.16. The van der Waals surface area contributed by atoms with Crippen molar-refractivity contribution in [1.82, 2.24) is 9.88 Å². The van der Waals surface area contributed by atoms with E-state index < -0.39 is 0 Å². The molecule has 1 atom stereocenters. The van der Waals surface area contributed by atoms with Crippen molar-refractivity contribution in [2.24, 2.45) is 0 Å². The first-order chi connectivity index (χ1) is 14.2. The summed E-state index contributed by atoms with van der Waals surface area (Å²) in [6.07, 6.45) is 4.88. The highest BCUT2D eigenvalue weighted by Crippen LogP contribution is 2.36. The molecule has 2 amide bonds. The minimum atomic E-state index is -0.0718. The Bertz CT molecular complexity index is 924. The van der Waals surface area contributed by atoms with Gasteiger partial charge in [0.1, 0.15) is 11.9 Å². The zero-order valence-electron chi connectivity index (χ0n) is 16.4. The average Bonchev–Trinajstić information content (AvgIpc) is 2.79. The number of amides is 2. The maximum atomic E-state index is 13.1. The first-order valence-corrected chi connectivity index (χ1v) is 10.4. The van der Waals surface area contributed by atoms with Crippen molar-refractivity contribution in [3.63, 3.8) is 0 Å². The van der Waals surface area contributed by atoms with E-state index in [1.165, 1.54) is 0 Å². The van der Waals surface area contributed by atoms with Gasteiger partial charge in [-0.3, -0.25) is 9.59 Å². The van der Waals surface area contributed by atoms with E-state index in [2.05, 4.69) is 20.1 Å². The SMILES string of the molecule is O=C1Nc2cc(C(=O)N3CCN(c4ccccn4)CC3)ccc2N2CCCC[C@@H]12. The maximum absolute atomic E-state index is 13.1. The molecule has 7 heteroatoms. The van der Waals surface area contributed by atoms with E-state index in [0.717, 1.165) is 56.1 Å². The Morgan fingerprint density at radius 1 is 1.03 bits per heavy atom. The normalized spacial score (nSPS) is 21.3. The summed E-state index contributed by atoms with van der Waals surface area (Å²) in [4.78, 5) is 36.2. The fourth-order valence-electron chi connectivity index (χ4n) is 4.59. The number of piperazine rings is 1. The van der Waals surface area contributed by atoms with Gasteiger partial charge in [-0.1, -0.05) is 6.07 Å². The summed E-state index contributed by atoms with van der Waals surface area (Å²) in [6.45, 7) is 3.74. The summed E-state index contributed by atoms with van der Waals surface area (Å²) < 4.78 is 0. The molecule has 0 spiro atoms. The van der Waals surface area contributed by atoms with E-state index >= 15 is 0 Å². The van der Waals surface area contributed by atoms with Crippen molar-refractivity contribution in [3.8, 4) is 0 Å². The third kappa shape index (κ3) is 3.30. The van der Waals surface area contributed by atoms with Crippen LogP contribution in [0, 0.1) is 0 Å². The molecule has 29 heavy (non-hydrogen) atoms. The van der Waals surface area contributed by atoms with Gasteiger partial charge in [0.05, 0.1) is 11.4 Å². The van der Waals surface area contributed by atoms with Crippen LogP contribution < -0.4 is 15.1 Å². The molecule has 7 nitrogen and oxygen atoms in total. The Morgan fingerprint density at radius 2 is 1.90 bits per heavy atom. The van der Waals surface area contributed by atoms with Gasteiger partial charge in [0.2, 0.25) is 5.91 Å². The fraction of sp³-hybridized carbons (Fsp3) is 0.409. The second kappa shape index (κ2) is 7.39. The van der Waals surface area contributed by atoms with Gasteiger partial charge in [-0.15, -0.1) is 0 Å². The highest BCUT2D eigenvalue weighted by atomic mass is 16.2. The lowest BCUT2D eigenvalue weighted by atomic mass is 9.96. The number of nitrogens with zero attached hydrogens (tertiary/aromatic N) is 4. The van der Waals surface area contributed by atoms with E-state index in [-0.39, 0.29) is 17.9 Å². The Labute approximate surface area is 170 Å². The van der Waals surface area contributed by atoms with Crippen LogP contribution in [0.5, 0.6) is 0 Å². The highest BCUT2D eigenvalue weighted by Gasteiger charge is 2.35. The largest absolute Gasteiger partial charge is 0.358 e. The Morgan fingerprint density at radius 3 is 2.69 bits per heavy atom. The third-order valence-corrected chi connectivity index (χ3v) is 6.16. The van der Waals surface area contributed by atoms with Crippen LogP contribution in [0.3, 0.4) is 0 Å². The predicted octanol–water partition coefficient (Wildman–Crippen LogP) is 2.36. The minimum Gasteiger partial charge on any atom is -0.358 e. The van der Waals surface area contributed by atoms with Crippen molar-refractivity contribution in [3.05, 3.63) is 48.2 Å². The number of aromatic nitrogens is 1. The van der Waals surface area contributed by atoms with Crippen LogP contribution in [0.4, 0.5) is 17.2 Å². The molecule has 0 aliphatic carbocycles. The molecular formula is C22H25N5O2. The zero-order chi connectivity index (χ0) is 19.8. The number of piperidine rings is 1. The summed E-state index contributed by atoms with van der Waals surface area (Å²) in [5.74, 6) is 1.02. The molecule has 5 rings (SSSR count). The summed E-state index contributed by atoms with van der Waals surface area (Å²) in [5.41, 5.74) is 2.42. The first-order valence-electron chi connectivity index (χ1n) is 10.4. The summed E-state index contributed by atoms with van der Waals surface area (Å²) in [7, 11) is 0. The van der Waals surface area contributed by atoms with Gasteiger partial charge >= 0.3 is 0 Å². The van der Waals surface area contributed by atoms with Gasteiger partial charge in [-0.2, -0.15) is 0 Å². The van der Waals surface area contributed by atoms with Gasteiger partial charge in [0, 0.05) is 44.5 Å². The summed E-state index contributed by atoms with van der Waals surface area (Å²) >= 11 is 0. The molecule has 2 aromatic rings. The first kappa shape index (κ1) is 18.0. The van der Waals surface area contributed by atoms with Crippen molar-refractivity contribution in [2.45, 2.75) is 25.3 Å². The van der Waals surface area contributed by atoms with Crippen LogP contribution in [-0.4, -0.2) is 60.5 Å². The molecule has 1 N–H and O–H groups in total. The fourth-order valence-corrected chi connectivity index (χ4v) is 4.59. The summed E-state index contributed by atoms with van der Waals surface area (Å²) in [6, 6.07) is 11.5. The smallest absolute Gasteiger partial charge is 0.254 e. The molecule has 3 aliphatic heterocycles. The second-order valence-corrected chi connectivity index (χ2v) is 7.89. The van der Waals surface area contributed by atoms with Gasteiger partial charge in [-0.05, 0) is 49.6 Å². The molecule has 1 aromatic carbocycles. The number of benzene rings is 1. The Hall–Kier alpha value is -3.09. The molecule has 4 heterocycles. The van der Waals surface area contributed by atoms with Crippen molar-refractivity contribution >= 4 is 29.0 Å². The van der Waals surface area contributed by atoms with Crippen LogP contribution >= 0.6 is 0 Å². The van der Waals surface area contributed by atoms with Gasteiger partial charge in [0.25, 0.3) is 5.91 Å². The summed E-state index contributed by atoms with van der Waals surface area (Å²) in [5, 5.41) is 3.02. The average molecular weight is 391 g/mol. The van der Waals surface area contributed by atoms with Gasteiger partial charge in [-0.25, -0.2) is 4.98 Å². The van der Waals surface area contributed by atoms with Crippen LogP contribution in [0.25, 0.3) is 0 Å². The Balaban J connectivity index is 1.30. The van der Waals surface area contributed by atoms with Gasteiger partial charge < -0.3 is 20.0 Å². The molecule has 2 fully saturated rings. The number of pyridine rings is 1. The van der Waals surface area contributed by atoms with E-state index in [1.54, 1.807) is 6.20 Å². The molecule has 3 aliphatic rings. The lowest BCUT2D eigenvalue weighted by Gasteiger charge is -2.41. The molecule has 0 saturated carbocycles. The molecule has 2 saturated heterocycles. The molecular weight excluding hydrogens is 366 g/mol. The number of hydrogen-bond acceptors (Lipinski definition) is 5. The molecule has 150 valence electrons. The van der Waals surface area contributed by atoms with Crippen LogP contribution in [0.2, 0.25) is 0 Å². The van der Waals surface area contributed by atoms with Crippen LogP contribution in [0.1, 0.15) is 29.6 Å². The van der Waals surface area contributed by atoms with E-state index in [1.807, 2.05) is 41.3 Å². The van der Waals surface area contributed by atoms with Crippen molar-refractivity contribution < 1.29 is 9.59 Å². The van der Waals surface area contributed by atoms with Crippen molar-refractivity contribution in [2.75, 3.05) is 47.8 Å². The van der Waals surface area contributed by atoms with Crippen molar-refractivity contribution in [1.29, 1.82) is 0 Å². The van der Waals surface area contributed by atoms with E-state index in [9.17, 15) is 9.59 Å². The molecule has 1 aromatic heterocycles. The number of hydrogen-bond donors (Lipinski definition) is 1. The Kier molecular flexibility index (Phi) is 4.58. The van der Waals surface area contributed by atoms with E-state index in [4.69, 9.17) is 0 Å². The lowest BCUT2D eigenvalue weighted by Crippen LogP contribution is -2.51. The highest BCUT2D eigenvalue weighted by molar-refractivity contribution is 6.05. The predicted molar refractivity (Wildman–Crippen MR) is 112 cm³/mol. The molecule has 0 unspecified atom stereocenters. The minimum absolute atomic E-state index is 0.0171. The number of anilines is 3. The molecule has 0 radical (unpaired) electrons. The quantitative estimate of drug-likeness (QED) is 0.851. The number of carbonyl (C=O) groups is 2. The van der Waals surface area contributed by atoms with E-state index in [0.29, 0.717) is 18.7 Å². The van der Waals surface area contributed by atoms with Crippen LogP contribution in [-0.2, 0) is 4.79 Å². The molecule has 0 bridgehead atoms. The number of rotatable bonds is 2. The standard InChI is InChI=1S/C22H25N5O2/c28-21-19-5-2-4-10-27(19)18-8-7-16(15-17(18)24-21)22(29)26-13-11-25(12-14-26)20-6-1-3-9-23-20/h1,3,6-9,15,19H,2,4-5,10-14H2,(H,24,28)/t19-/m0/s1. The lowest BCUT2D eigenvalue weighted by molar-refractivity contribution is -0.118. The van der Waals surface area contributed by atoms with Gasteiger partial charge in [0.15, 0.2) is 0 Å². The maximum Gasteiger partial charge on any atom is 0.254 e. The number of nitrogens with one attached hydrogen (secondary N) is 1. The monoisotopic (exact) mass is 391 g/mol. The second-order valence-electron chi connectivity index (χ2n) is 7.89. The zero-order valence-corrected chi connectivity index (χ0v) is 16.4. The number of carbonyl (C=O) groups excluding carboxylic acids is 2. The van der Waals surface area contributed by atoms with Crippen LogP contribution in [0.15, 0.2) is 42.6 Å². The number of fused-ring (bicyclic) bond motifs is 3.